The minimum absolute atomic E-state index is 0.137. The molecule has 1 aromatic heterocycles. The van der Waals surface area contributed by atoms with Crippen LogP contribution in [0, 0.1) is 13.8 Å². The number of unbranched alkanes of at least 4 members (excludes halogenated alkanes) is 1. The van der Waals surface area contributed by atoms with Gasteiger partial charge in [0.25, 0.3) is 0 Å². The Kier molecular flexibility index (Phi) is 4.89. The fourth-order valence-electron chi connectivity index (χ4n) is 1.28. The van der Waals surface area contributed by atoms with Crippen LogP contribution in [0.3, 0.4) is 0 Å². The third kappa shape index (κ3) is 3.57. The number of nitrogens with two attached hydrogens (primary N) is 1. The van der Waals surface area contributed by atoms with Crippen LogP contribution in [-0.4, -0.2) is 16.9 Å². The summed E-state index contributed by atoms with van der Waals surface area (Å²) in [6.07, 6.45) is 2.76. The van der Waals surface area contributed by atoms with Crippen LogP contribution in [0.4, 0.5) is 5.13 Å². The van der Waals surface area contributed by atoms with E-state index >= 15 is 0 Å². The van der Waals surface area contributed by atoms with Crippen LogP contribution < -0.4 is 11.1 Å². The molecule has 16 heavy (non-hydrogen) atoms. The van der Waals surface area contributed by atoms with Crippen LogP contribution >= 0.6 is 11.3 Å². The Balaban J connectivity index is 2.50. The van der Waals surface area contributed by atoms with Crippen molar-refractivity contribution in [3.8, 4) is 0 Å². The second-order valence-corrected chi connectivity index (χ2v) is 5.10. The van der Waals surface area contributed by atoms with E-state index in [-0.39, 0.29) is 5.91 Å². The number of aryl methyl sites for hydroxylation is 2. The predicted octanol–water partition coefficient (Wildman–Crippen LogP) is 2.22. The first-order chi connectivity index (χ1) is 7.54. The van der Waals surface area contributed by atoms with Gasteiger partial charge in [0, 0.05) is 4.88 Å². The molecule has 0 saturated heterocycles. The first-order valence-corrected chi connectivity index (χ1v) is 6.36. The van der Waals surface area contributed by atoms with Crippen molar-refractivity contribution in [2.75, 3.05) is 5.32 Å². The lowest BCUT2D eigenvalue weighted by atomic mass is 10.1. The lowest BCUT2D eigenvalue weighted by molar-refractivity contribution is -0.117. The molecule has 0 radical (unpaired) electrons. The van der Waals surface area contributed by atoms with E-state index in [4.69, 9.17) is 5.73 Å². The lowest BCUT2D eigenvalue weighted by Gasteiger charge is -2.09. The standard InChI is InChI=1S/C11H19N3OS/c1-4-5-6-9(12)10(15)14-11-13-7(2)8(3)16-11/h9H,4-6,12H2,1-3H3,(H,13,14,15)/t9-/m0/s1. The SMILES string of the molecule is CCCC[C@H](N)C(=O)Nc1nc(C)c(C)s1. The maximum absolute atomic E-state index is 11.7. The minimum Gasteiger partial charge on any atom is -0.320 e. The van der Waals surface area contributed by atoms with E-state index < -0.39 is 6.04 Å². The first kappa shape index (κ1) is 13.1. The highest BCUT2D eigenvalue weighted by molar-refractivity contribution is 7.15. The van der Waals surface area contributed by atoms with Gasteiger partial charge >= 0.3 is 0 Å². The molecule has 1 amide bonds. The van der Waals surface area contributed by atoms with Crippen molar-refractivity contribution in [2.24, 2.45) is 5.73 Å². The van der Waals surface area contributed by atoms with Crippen LogP contribution in [0.1, 0.15) is 36.8 Å². The van der Waals surface area contributed by atoms with Gasteiger partial charge in [0.2, 0.25) is 5.91 Å². The number of carbonyl (C=O) groups excluding carboxylic acids is 1. The largest absolute Gasteiger partial charge is 0.320 e. The molecule has 3 N–H and O–H groups in total. The predicted molar refractivity (Wildman–Crippen MR) is 67.7 cm³/mol. The van der Waals surface area contributed by atoms with Crippen LogP contribution in [0.2, 0.25) is 0 Å². The Labute approximate surface area is 100 Å². The molecular weight excluding hydrogens is 222 g/mol. The summed E-state index contributed by atoms with van der Waals surface area (Å²) < 4.78 is 0. The third-order valence-electron chi connectivity index (χ3n) is 2.46. The summed E-state index contributed by atoms with van der Waals surface area (Å²) in [6.45, 7) is 6.00. The van der Waals surface area contributed by atoms with Gasteiger partial charge in [-0.3, -0.25) is 4.79 Å². The number of carbonyl (C=O) groups is 1. The lowest BCUT2D eigenvalue weighted by Crippen LogP contribution is -2.35. The molecule has 0 saturated carbocycles. The molecule has 1 heterocycles. The summed E-state index contributed by atoms with van der Waals surface area (Å²) in [5.41, 5.74) is 6.72. The molecule has 0 unspecified atom stereocenters. The van der Waals surface area contributed by atoms with Gasteiger partial charge in [-0.05, 0) is 20.3 Å². The maximum Gasteiger partial charge on any atom is 0.243 e. The average Bonchev–Trinajstić information content (AvgIpc) is 2.54. The van der Waals surface area contributed by atoms with Gasteiger partial charge < -0.3 is 11.1 Å². The van der Waals surface area contributed by atoms with Gasteiger partial charge in [0.05, 0.1) is 11.7 Å². The van der Waals surface area contributed by atoms with Crippen LogP contribution in [0.5, 0.6) is 0 Å². The summed E-state index contributed by atoms with van der Waals surface area (Å²) in [7, 11) is 0. The Morgan fingerprint density at radius 2 is 2.25 bits per heavy atom. The number of rotatable bonds is 5. The van der Waals surface area contributed by atoms with E-state index in [2.05, 4.69) is 17.2 Å². The second-order valence-electron chi connectivity index (χ2n) is 3.90. The van der Waals surface area contributed by atoms with Gasteiger partial charge in [0.15, 0.2) is 5.13 Å². The summed E-state index contributed by atoms with van der Waals surface area (Å²) in [5, 5.41) is 3.40. The van der Waals surface area contributed by atoms with Crippen LogP contribution in [0.15, 0.2) is 0 Å². The number of thiazole rings is 1. The fourth-order valence-corrected chi connectivity index (χ4v) is 2.10. The number of nitrogens with one attached hydrogen (secondary N) is 1. The highest BCUT2D eigenvalue weighted by Gasteiger charge is 2.14. The van der Waals surface area contributed by atoms with E-state index in [1.165, 1.54) is 11.3 Å². The number of anilines is 1. The van der Waals surface area contributed by atoms with Crippen molar-refractivity contribution in [3.05, 3.63) is 10.6 Å². The molecule has 0 spiro atoms. The molecule has 5 heteroatoms. The highest BCUT2D eigenvalue weighted by Crippen LogP contribution is 2.21. The van der Waals surface area contributed by atoms with Crippen molar-refractivity contribution < 1.29 is 4.79 Å². The van der Waals surface area contributed by atoms with E-state index in [9.17, 15) is 4.79 Å². The van der Waals surface area contributed by atoms with Gasteiger partial charge in [-0.2, -0.15) is 0 Å². The smallest absolute Gasteiger partial charge is 0.243 e. The van der Waals surface area contributed by atoms with Gasteiger partial charge in [0.1, 0.15) is 0 Å². The number of hydrogen-bond donors (Lipinski definition) is 2. The van der Waals surface area contributed by atoms with Crippen molar-refractivity contribution in [3.63, 3.8) is 0 Å². The maximum atomic E-state index is 11.7. The average molecular weight is 241 g/mol. The summed E-state index contributed by atoms with van der Waals surface area (Å²) in [5.74, 6) is -0.137. The van der Waals surface area contributed by atoms with Gasteiger partial charge in [-0.25, -0.2) is 4.98 Å². The molecule has 4 nitrogen and oxygen atoms in total. The molecule has 90 valence electrons. The molecule has 1 atom stereocenters. The van der Waals surface area contributed by atoms with E-state index in [1.54, 1.807) is 0 Å². The van der Waals surface area contributed by atoms with E-state index in [1.807, 2.05) is 13.8 Å². The third-order valence-corrected chi connectivity index (χ3v) is 3.45. The first-order valence-electron chi connectivity index (χ1n) is 5.55. The second kappa shape index (κ2) is 5.96. The number of amides is 1. The Morgan fingerprint density at radius 3 is 2.75 bits per heavy atom. The monoisotopic (exact) mass is 241 g/mol. The van der Waals surface area contributed by atoms with Crippen molar-refractivity contribution >= 4 is 22.4 Å². The zero-order valence-electron chi connectivity index (χ0n) is 10.0. The Bertz CT molecular complexity index is 343. The Hall–Kier alpha value is -0.940. The molecule has 1 aromatic rings. The van der Waals surface area contributed by atoms with Crippen LogP contribution in [0.25, 0.3) is 0 Å². The van der Waals surface area contributed by atoms with E-state index in [0.29, 0.717) is 5.13 Å². The van der Waals surface area contributed by atoms with Gasteiger partial charge in [-0.15, -0.1) is 11.3 Å². The normalized spacial score (nSPS) is 12.5. The zero-order chi connectivity index (χ0) is 12.1. The molecule has 0 fully saturated rings. The van der Waals surface area contributed by atoms with Gasteiger partial charge in [-0.1, -0.05) is 19.8 Å². The molecule has 0 aromatic carbocycles. The van der Waals surface area contributed by atoms with Crippen molar-refractivity contribution in [1.29, 1.82) is 0 Å². The van der Waals surface area contributed by atoms with Crippen molar-refractivity contribution in [1.82, 2.24) is 4.98 Å². The molecular formula is C11H19N3OS. The summed E-state index contributed by atoms with van der Waals surface area (Å²) >= 11 is 1.49. The minimum atomic E-state index is -0.426. The molecule has 0 aliphatic carbocycles. The number of hydrogen-bond acceptors (Lipinski definition) is 4. The van der Waals surface area contributed by atoms with Crippen molar-refractivity contribution in [2.45, 2.75) is 46.1 Å². The summed E-state index contributed by atoms with van der Waals surface area (Å²) in [6, 6.07) is -0.426. The number of aromatic nitrogens is 1. The zero-order valence-corrected chi connectivity index (χ0v) is 10.9. The molecule has 1 rings (SSSR count). The summed E-state index contributed by atoms with van der Waals surface area (Å²) in [4.78, 5) is 17.0. The van der Waals surface area contributed by atoms with Crippen LogP contribution in [-0.2, 0) is 4.79 Å². The molecule has 0 aliphatic rings. The quantitative estimate of drug-likeness (QED) is 0.830. The Morgan fingerprint density at radius 1 is 1.56 bits per heavy atom. The van der Waals surface area contributed by atoms with E-state index in [0.717, 1.165) is 29.8 Å². The topological polar surface area (TPSA) is 68.0 Å². The molecule has 0 aliphatic heterocycles. The fraction of sp³-hybridized carbons (Fsp3) is 0.636. The number of nitrogens with zero attached hydrogens (tertiary/aromatic N) is 1. The molecule has 0 bridgehead atoms. The highest BCUT2D eigenvalue weighted by atomic mass is 32.1.